The van der Waals surface area contributed by atoms with Gasteiger partial charge >= 0.3 is 0 Å². The van der Waals surface area contributed by atoms with E-state index >= 15 is 0 Å². The van der Waals surface area contributed by atoms with E-state index in [0.717, 1.165) is 35.1 Å². The monoisotopic (exact) mass is 408 g/mol. The van der Waals surface area contributed by atoms with Gasteiger partial charge in [-0.2, -0.15) is 0 Å². The number of carbonyl (C=O) groups excluding carboxylic acids is 2. The number of carbonyl (C=O) groups is 2. The van der Waals surface area contributed by atoms with E-state index in [4.69, 9.17) is 4.74 Å². The second-order valence-corrected chi connectivity index (χ2v) is 7.43. The molecular weight excluding hydrogens is 380 g/mol. The molecule has 0 saturated heterocycles. The van der Waals surface area contributed by atoms with E-state index in [1.807, 2.05) is 38.1 Å². The van der Waals surface area contributed by atoms with E-state index in [1.54, 1.807) is 26.4 Å². The molecule has 0 radical (unpaired) electrons. The van der Waals surface area contributed by atoms with Crippen molar-refractivity contribution >= 4 is 28.5 Å². The third-order valence-electron chi connectivity index (χ3n) is 5.10. The molecule has 158 valence electrons. The zero-order chi connectivity index (χ0) is 21.8. The molecule has 0 aliphatic carbocycles. The first-order valence-corrected chi connectivity index (χ1v) is 10.0. The molecule has 3 aromatic rings. The number of nitrogens with zero attached hydrogens (tertiary/aromatic N) is 3. The number of aryl methyl sites for hydroxylation is 2. The lowest BCUT2D eigenvalue weighted by molar-refractivity contribution is -0.116. The number of hydrogen-bond acceptors (Lipinski definition) is 4. The molecule has 0 spiro atoms. The van der Waals surface area contributed by atoms with Gasteiger partial charge in [0.1, 0.15) is 11.6 Å². The lowest BCUT2D eigenvalue weighted by Gasteiger charge is -2.17. The van der Waals surface area contributed by atoms with Crippen LogP contribution in [0.4, 0.5) is 5.82 Å². The Morgan fingerprint density at radius 3 is 2.60 bits per heavy atom. The summed E-state index contributed by atoms with van der Waals surface area (Å²) in [6.07, 6.45) is 2.63. The van der Waals surface area contributed by atoms with E-state index < -0.39 is 0 Å². The molecular formula is C23H28N4O3. The summed E-state index contributed by atoms with van der Waals surface area (Å²) >= 11 is 0. The Bertz CT molecular complexity index is 1070. The normalized spacial score (nSPS) is 10.8. The fraction of sp³-hybridized carbons (Fsp3) is 0.348. The highest BCUT2D eigenvalue weighted by atomic mass is 16.5. The number of rotatable bonds is 7. The molecule has 30 heavy (non-hydrogen) atoms. The van der Waals surface area contributed by atoms with Crippen LogP contribution in [0.2, 0.25) is 0 Å². The van der Waals surface area contributed by atoms with Crippen LogP contribution in [-0.2, 0) is 11.3 Å². The van der Waals surface area contributed by atoms with E-state index in [0.29, 0.717) is 17.1 Å². The Morgan fingerprint density at radius 2 is 1.97 bits per heavy atom. The van der Waals surface area contributed by atoms with Crippen molar-refractivity contribution in [2.75, 3.05) is 26.0 Å². The molecule has 2 amide bonds. The summed E-state index contributed by atoms with van der Waals surface area (Å²) in [4.78, 5) is 31.3. The fourth-order valence-electron chi connectivity index (χ4n) is 3.57. The maximum Gasteiger partial charge on any atom is 0.256 e. The van der Waals surface area contributed by atoms with E-state index in [9.17, 15) is 9.59 Å². The SMILES string of the molecule is CCCn1c(C)c(C(=O)N(C)CC(=O)Nc2ccc(C)cn2)c2cc(OC)ccc21. The molecule has 1 aromatic carbocycles. The predicted molar refractivity (Wildman–Crippen MR) is 118 cm³/mol. The number of hydrogen-bond donors (Lipinski definition) is 1. The van der Waals surface area contributed by atoms with Gasteiger partial charge in [0.15, 0.2) is 0 Å². The third-order valence-corrected chi connectivity index (χ3v) is 5.10. The van der Waals surface area contributed by atoms with Crippen LogP contribution in [0.15, 0.2) is 36.5 Å². The van der Waals surface area contributed by atoms with Gasteiger partial charge < -0.3 is 19.5 Å². The Balaban J connectivity index is 1.86. The predicted octanol–water partition coefficient (Wildman–Crippen LogP) is 3.78. The number of methoxy groups -OCH3 is 1. The number of nitrogens with one attached hydrogen (secondary N) is 1. The molecule has 0 saturated carbocycles. The lowest BCUT2D eigenvalue weighted by atomic mass is 10.1. The van der Waals surface area contributed by atoms with Crippen LogP contribution in [0.25, 0.3) is 10.9 Å². The van der Waals surface area contributed by atoms with Gasteiger partial charge in [-0.15, -0.1) is 0 Å². The first-order valence-electron chi connectivity index (χ1n) is 10.0. The number of amides is 2. The molecule has 0 fully saturated rings. The molecule has 1 N–H and O–H groups in total. The van der Waals surface area contributed by atoms with Gasteiger partial charge in [-0.3, -0.25) is 9.59 Å². The summed E-state index contributed by atoms with van der Waals surface area (Å²) in [5.41, 5.74) is 3.48. The highest BCUT2D eigenvalue weighted by Crippen LogP contribution is 2.30. The van der Waals surface area contributed by atoms with Crippen LogP contribution in [0.3, 0.4) is 0 Å². The molecule has 2 heterocycles. The zero-order valence-corrected chi connectivity index (χ0v) is 18.2. The van der Waals surface area contributed by atoms with Crippen LogP contribution in [-0.4, -0.2) is 47.0 Å². The maximum atomic E-state index is 13.3. The molecule has 0 bridgehead atoms. The fourth-order valence-corrected chi connectivity index (χ4v) is 3.57. The van der Waals surface area contributed by atoms with Gasteiger partial charge in [-0.25, -0.2) is 4.98 Å². The topological polar surface area (TPSA) is 76.5 Å². The highest BCUT2D eigenvalue weighted by Gasteiger charge is 2.24. The lowest BCUT2D eigenvalue weighted by Crippen LogP contribution is -2.35. The van der Waals surface area contributed by atoms with Gasteiger partial charge in [0.05, 0.1) is 19.2 Å². The van der Waals surface area contributed by atoms with Crippen molar-refractivity contribution in [3.63, 3.8) is 0 Å². The van der Waals surface area contributed by atoms with Crippen LogP contribution < -0.4 is 10.1 Å². The molecule has 0 unspecified atom stereocenters. The van der Waals surface area contributed by atoms with Gasteiger partial charge in [0, 0.05) is 36.4 Å². The van der Waals surface area contributed by atoms with Crippen molar-refractivity contribution in [2.45, 2.75) is 33.7 Å². The van der Waals surface area contributed by atoms with Crippen LogP contribution >= 0.6 is 0 Å². The second-order valence-electron chi connectivity index (χ2n) is 7.43. The summed E-state index contributed by atoms with van der Waals surface area (Å²) < 4.78 is 7.51. The van der Waals surface area contributed by atoms with Crippen molar-refractivity contribution in [3.8, 4) is 5.75 Å². The number of pyridine rings is 1. The molecule has 2 aromatic heterocycles. The largest absolute Gasteiger partial charge is 0.497 e. The Labute approximate surface area is 176 Å². The second kappa shape index (κ2) is 8.98. The highest BCUT2D eigenvalue weighted by molar-refractivity contribution is 6.09. The van der Waals surface area contributed by atoms with Crippen LogP contribution in [0.5, 0.6) is 5.75 Å². The number of fused-ring (bicyclic) bond motifs is 1. The molecule has 3 rings (SSSR count). The van der Waals surface area contributed by atoms with Crippen molar-refractivity contribution in [1.82, 2.24) is 14.5 Å². The van der Waals surface area contributed by atoms with Crippen molar-refractivity contribution < 1.29 is 14.3 Å². The molecule has 7 nitrogen and oxygen atoms in total. The first-order chi connectivity index (χ1) is 14.3. The zero-order valence-electron chi connectivity index (χ0n) is 18.2. The minimum absolute atomic E-state index is 0.0712. The summed E-state index contributed by atoms with van der Waals surface area (Å²) in [5.74, 6) is 0.658. The molecule has 0 aliphatic rings. The standard InChI is InChI=1S/C23H28N4O3/c1-6-11-27-16(3)22(18-12-17(30-5)8-9-19(18)27)23(29)26(4)14-21(28)25-20-10-7-15(2)13-24-20/h7-10,12-13H,6,11,14H2,1-5H3,(H,24,25,28). The summed E-state index contributed by atoms with van der Waals surface area (Å²) in [6.45, 7) is 6.71. The summed E-state index contributed by atoms with van der Waals surface area (Å²) in [7, 11) is 3.24. The third kappa shape index (κ3) is 4.30. The Morgan fingerprint density at radius 1 is 1.20 bits per heavy atom. The van der Waals surface area contributed by atoms with E-state index in [1.165, 1.54) is 4.90 Å². The Kier molecular flexibility index (Phi) is 6.40. The average molecular weight is 409 g/mol. The van der Waals surface area contributed by atoms with Crippen molar-refractivity contribution in [1.29, 1.82) is 0 Å². The van der Waals surface area contributed by atoms with Crippen LogP contribution in [0, 0.1) is 13.8 Å². The number of likely N-dealkylation sites (N-methyl/N-ethyl adjacent to an activating group) is 1. The van der Waals surface area contributed by atoms with Gasteiger partial charge in [0.2, 0.25) is 5.91 Å². The van der Waals surface area contributed by atoms with Crippen LogP contribution in [0.1, 0.15) is 35.0 Å². The van der Waals surface area contributed by atoms with Gasteiger partial charge in [-0.1, -0.05) is 13.0 Å². The maximum absolute atomic E-state index is 13.3. The van der Waals surface area contributed by atoms with Gasteiger partial charge in [-0.05, 0) is 50.1 Å². The smallest absolute Gasteiger partial charge is 0.256 e. The molecule has 7 heteroatoms. The number of ether oxygens (including phenoxy) is 1. The van der Waals surface area contributed by atoms with E-state index in [2.05, 4.69) is 21.8 Å². The number of aromatic nitrogens is 2. The minimum Gasteiger partial charge on any atom is -0.497 e. The van der Waals surface area contributed by atoms with Crippen molar-refractivity contribution in [3.05, 3.63) is 53.3 Å². The summed E-state index contributed by atoms with van der Waals surface area (Å²) in [5, 5.41) is 3.56. The average Bonchev–Trinajstić information content (AvgIpc) is 3.00. The van der Waals surface area contributed by atoms with Crippen molar-refractivity contribution in [2.24, 2.45) is 0 Å². The summed E-state index contributed by atoms with van der Waals surface area (Å²) in [6, 6.07) is 9.36. The Hall–Kier alpha value is -3.35. The number of benzene rings is 1. The number of anilines is 1. The quantitative estimate of drug-likeness (QED) is 0.645. The molecule has 0 aliphatic heterocycles. The first kappa shape index (κ1) is 21.4. The minimum atomic E-state index is -0.297. The molecule has 0 atom stereocenters. The van der Waals surface area contributed by atoms with Gasteiger partial charge in [0.25, 0.3) is 5.91 Å². The van der Waals surface area contributed by atoms with E-state index in [-0.39, 0.29) is 18.4 Å².